The highest BCUT2D eigenvalue weighted by Crippen LogP contribution is 2.28. The molecule has 0 spiro atoms. The predicted octanol–water partition coefficient (Wildman–Crippen LogP) is 1.29. The lowest BCUT2D eigenvalue weighted by Crippen LogP contribution is -2.44. The van der Waals surface area contributed by atoms with E-state index in [0.717, 1.165) is 6.20 Å². The van der Waals surface area contributed by atoms with Crippen LogP contribution in [0.1, 0.15) is 12.8 Å². The zero-order valence-electron chi connectivity index (χ0n) is 10.6. The van der Waals surface area contributed by atoms with Crippen molar-refractivity contribution in [3.05, 3.63) is 22.4 Å². The number of sulfonamides is 1. The second-order valence-electron chi connectivity index (χ2n) is 4.33. The van der Waals surface area contributed by atoms with Gasteiger partial charge in [-0.1, -0.05) is 23.2 Å². The van der Waals surface area contributed by atoms with Crippen LogP contribution in [-0.2, 0) is 14.8 Å². The second-order valence-corrected chi connectivity index (χ2v) is 6.99. The minimum atomic E-state index is -3.82. The molecule has 0 aromatic carbocycles. The van der Waals surface area contributed by atoms with E-state index >= 15 is 0 Å². The van der Waals surface area contributed by atoms with E-state index in [-0.39, 0.29) is 21.0 Å². The Morgan fingerprint density at radius 2 is 2.20 bits per heavy atom. The third-order valence-corrected chi connectivity index (χ3v) is 5.69. The number of carbonyl (C=O) groups excluding carboxylic acids is 1. The van der Waals surface area contributed by atoms with Crippen molar-refractivity contribution in [3.63, 3.8) is 0 Å². The zero-order valence-corrected chi connectivity index (χ0v) is 13.0. The van der Waals surface area contributed by atoms with E-state index in [1.165, 1.54) is 17.4 Å². The average molecular weight is 338 g/mol. The van der Waals surface area contributed by atoms with Crippen molar-refractivity contribution in [2.75, 3.05) is 13.6 Å². The third kappa shape index (κ3) is 2.76. The van der Waals surface area contributed by atoms with E-state index in [4.69, 9.17) is 23.2 Å². The molecule has 2 rings (SSSR count). The fourth-order valence-electron chi connectivity index (χ4n) is 2.14. The number of carbonyl (C=O) groups is 1. The van der Waals surface area contributed by atoms with Crippen LogP contribution in [0.15, 0.2) is 17.2 Å². The highest BCUT2D eigenvalue weighted by molar-refractivity contribution is 7.89. The average Bonchev–Trinajstić information content (AvgIpc) is 2.90. The quantitative estimate of drug-likeness (QED) is 0.843. The molecule has 0 radical (unpaired) electrons. The number of rotatable bonds is 3. The van der Waals surface area contributed by atoms with Crippen LogP contribution in [-0.4, -0.2) is 43.2 Å². The summed E-state index contributed by atoms with van der Waals surface area (Å²) in [5, 5.41) is 2.57. The topological polar surface area (TPSA) is 79.4 Å². The van der Waals surface area contributed by atoms with Gasteiger partial charge < -0.3 is 5.32 Å². The van der Waals surface area contributed by atoms with Crippen molar-refractivity contribution >= 4 is 39.1 Å². The van der Waals surface area contributed by atoms with Crippen LogP contribution in [0.5, 0.6) is 0 Å². The van der Waals surface area contributed by atoms with Crippen molar-refractivity contribution in [3.8, 4) is 0 Å². The van der Waals surface area contributed by atoms with E-state index in [9.17, 15) is 13.2 Å². The summed E-state index contributed by atoms with van der Waals surface area (Å²) in [5.74, 6) is -0.320. The first-order valence-electron chi connectivity index (χ1n) is 5.92. The second kappa shape index (κ2) is 5.85. The number of amides is 1. The first-order chi connectivity index (χ1) is 9.37. The maximum absolute atomic E-state index is 12.5. The molecular weight excluding hydrogens is 325 g/mol. The number of nitrogens with zero attached hydrogens (tertiary/aromatic N) is 2. The molecule has 2 heterocycles. The summed E-state index contributed by atoms with van der Waals surface area (Å²) in [7, 11) is -2.34. The van der Waals surface area contributed by atoms with Gasteiger partial charge in [0.2, 0.25) is 15.9 Å². The van der Waals surface area contributed by atoms with Crippen LogP contribution in [0.3, 0.4) is 0 Å². The molecule has 1 atom stereocenters. The first kappa shape index (κ1) is 15.5. The Morgan fingerprint density at radius 3 is 2.80 bits per heavy atom. The molecule has 1 fully saturated rings. The van der Waals surface area contributed by atoms with Gasteiger partial charge in [-0.05, 0) is 18.9 Å². The van der Waals surface area contributed by atoms with Gasteiger partial charge in [-0.2, -0.15) is 4.31 Å². The molecule has 1 aromatic heterocycles. The monoisotopic (exact) mass is 337 g/mol. The molecule has 0 aliphatic carbocycles. The molecule has 20 heavy (non-hydrogen) atoms. The lowest BCUT2D eigenvalue weighted by molar-refractivity contribution is -0.123. The summed E-state index contributed by atoms with van der Waals surface area (Å²) < 4.78 is 26.2. The molecule has 9 heteroatoms. The largest absolute Gasteiger partial charge is 0.358 e. The van der Waals surface area contributed by atoms with Gasteiger partial charge in [0.05, 0.1) is 5.02 Å². The van der Waals surface area contributed by atoms with Gasteiger partial charge in [0, 0.05) is 19.8 Å². The molecule has 1 aliphatic rings. The van der Waals surface area contributed by atoms with Crippen LogP contribution < -0.4 is 5.32 Å². The third-order valence-electron chi connectivity index (χ3n) is 3.13. The first-order valence-corrected chi connectivity index (χ1v) is 8.12. The maximum Gasteiger partial charge on any atom is 0.245 e. The molecule has 1 aromatic rings. The number of pyridine rings is 1. The minimum absolute atomic E-state index is 0.0369. The van der Waals surface area contributed by atoms with Gasteiger partial charge in [-0.25, -0.2) is 13.4 Å². The summed E-state index contributed by atoms with van der Waals surface area (Å²) in [6.07, 6.45) is 2.27. The van der Waals surface area contributed by atoms with Gasteiger partial charge in [0.15, 0.2) is 0 Å². The van der Waals surface area contributed by atoms with Gasteiger partial charge in [0.25, 0.3) is 0 Å². The number of halogens is 2. The number of nitrogens with one attached hydrogen (secondary N) is 1. The number of hydrogen-bond donors (Lipinski definition) is 1. The molecule has 1 aliphatic heterocycles. The Kier molecular flexibility index (Phi) is 4.53. The molecule has 6 nitrogen and oxygen atoms in total. The lowest BCUT2D eigenvalue weighted by Gasteiger charge is -2.22. The van der Waals surface area contributed by atoms with Gasteiger partial charge in [-0.3, -0.25) is 4.79 Å². The summed E-state index contributed by atoms with van der Waals surface area (Å²) in [6.45, 7) is 0.292. The van der Waals surface area contributed by atoms with Crippen molar-refractivity contribution in [2.45, 2.75) is 23.8 Å². The SMILES string of the molecule is CNC(=O)C1CCCN1S(=O)(=O)c1cnc(Cl)c(Cl)c1. The molecular formula is C11H13Cl2N3O3S. The summed E-state index contributed by atoms with van der Waals surface area (Å²) >= 11 is 11.5. The number of aromatic nitrogens is 1. The van der Waals surface area contributed by atoms with Crippen LogP contribution >= 0.6 is 23.2 Å². The summed E-state index contributed by atoms with van der Waals surface area (Å²) in [5.41, 5.74) is 0. The lowest BCUT2D eigenvalue weighted by atomic mass is 10.2. The Bertz CT molecular complexity index is 636. The molecule has 1 unspecified atom stereocenters. The van der Waals surface area contributed by atoms with E-state index in [1.807, 2.05) is 0 Å². The fraction of sp³-hybridized carbons (Fsp3) is 0.455. The van der Waals surface area contributed by atoms with Crippen molar-refractivity contribution < 1.29 is 13.2 Å². The van der Waals surface area contributed by atoms with Crippen molar-refractivity contribution in [2.24, 2.45) is 0 Å². The zero-order chi connectivity index (χ0) is 14.9. The van der Waals surface area contributed by atoms with Crippen molar-refractivity contribution in [1.82, 2.24) is 14.6 Å². The molecule has 1 amide bonds. The van der Waals surface area contributed by atoms with Crippen LogP contribution in [0.4, 0.5) is 0 Å². The molecule has 0 bridgehead atoms. The fourth-order valence-corrected chi connectivity index (χ4v) is 4.10. The standard InChI is InChI=1S/C11H13Cl2N3O3S/c1-14-11(17)9-3-2-4-16(9)20(18,19)7-5-8(12)10(13)15-6-7/h5-6,9H,2-4H2,1H3,(H,14,17). The van der Waals surface area contributed by atoms with E-state index in [1.54, 1.807) is 0 Å². The predicted molar refractivity (Wildman–Crippen MR) is 75.2 cm³/mol. The Balaban J connectivity index is 2.38. The van der Waals surface area contributed by atoms with Gasteiger partial charge >= 0.3 is 0 Å². The number of likely N-dealkylation sites (N-methyl/N-ethyl adjacent to an activating group) is 1. The smallest absolute Gasteiger partial charge is 0.245 e. The normalized spacial score (nSPS) is 20.1. The Labute approximate surface area is 127 Å². The molecule has 110 valence electrons. The highest BCUT2D eigenvalue weighted by atomic mass is 35.5. The van der Waals surface area contributed by atoms with Gasteiger partial charge in [-0.15, -0.1) is 0 Å². The molecule has 0 saturated carbocycles. The van der Waals surface area contributed by atoms with E-state index in [2.05, 4.69) is 10.3 Å². The number of hydrogen-bond acceptors (Lipinski definition) is 4. The molecule has 1 saturated heterocycles. The Morgan fingerprint density at radius 1 is 1.50 bits per heavy atom. The highest BCUT2D eigenvalue weighted by Gasteiger charge is 2.39. The summed E-state index contributed by atoms with van der Waals surface area (Å²) in [6, 6.07) is 0.547. The molecule has 1 N–H and O–H groups in total. The summed E-state index contributed by atoms with van der Waals surface area (Å²) in [4.78, 5) is 15.4. The van der Waals surface area contributed by atoms with Crippen molar-refractivity contribution in [1.29, 1.82) is 0 Å². The van der Waals surface area contributed by atoms with Crippen LogP contribution in [0, 0.1) is 0 Å². The van der Waals surface area contributed by atoms with Crippen LogP contribution in [0.25, 0.3) is 0 Å². The van der Waals surface area contributed by atoms with E-state index < -0.39 is 16.1 Å². The van der Waals surface area contributed by atoms with Gasteiger partial charge in [0.1, 0.15) is 16.1 Å². The van der Waals surface area contributed by atoms with Crippen LogP contribution in [0.2, 0.25) is 10.2 Å². The minimum Gasteiger partial charge on any atom is -0.358 e. The maximum atomic E-state index is 12.5. The van der Waals surface area contributed by atoms with E-state index in [0.29, 0.717) is 19.4 Å². The Hall–Kier alpha value is -0.890.